The lowest BCUT2D eigenvalue weighted by Gasteiger charge is -2.33. The number of rotatable bonds is 1. The van der Waals surface area contributed by atoms with Crippen molar-refractivity contribution in [3.8, 4) is 6.07 Å². The van der Waals surface area contributed by atoms with Gasteiger partial charge in [0.25, 0.3) is 0 Å². The van der Waals surface area contributed by atoms with E-state index in [1.54, 1.807) is 35.6 Å². The molecule has 0 fully saturated rings. The van der Waals surface area contributed by atoms with Crippen LogP contribution in [0.2, 0.25) is 0 Å². The number of thiophene rings is 1. The van der Waals surface area contributed by atoms with Gasteiger partial charge in [-0.2, -0.15) is 5.26 Å². The zero-order chi connectivity index (χ0) is 14.8. The first-order valence-electron chi connectivity index (χ1n) is 6.83. The van der Waals surface area contributed by atoms with E-state index in [1.165, 1.54) is 10.4 Å². The number of hydrogen-bond acceptors (Lipinski definition) is 3. The topological polar surface area (TPSA) is 56.1 Å². The Morgan fingerprint density at radius 2 is 2.14 bits per heavy atom. The van der Waals surface area contributed by atoms with Crippen molar-refractivity contribution < 1.29 is 4.79 Å². The number of urea groups is 1. The average molecular weight is 297 g/mol. The maximum atomic E-state index is 12.4. The van der Waals surface area contributed by atoms with Gasteiger partial charge in [-0.15, -0.1) is 11.3 Å². The summed E-state index contributed by atoms with van der Waals surface area (Å²) < 4.78 is 0. The molecule has 2 amide bonds. The molecule has 2 aromatic rings. The fourth-order valence-electron chi connectivity index (χ4n) is 2.61. The highest BCUT2D eigenvalue weighted by molar-refractivity contribution is 7.10. The van der Waals surface area contributed by atoms with Gasteiger partial charge in [0.1, 0.15) is 0 Å². The zero-order valence-corrected chi connectivity index (χ0v) is 12.5. The second-order valence-electron chi connectivity index (χ2n) is 5.04. The molecule has 2 heterocycles. The van der Waals surface area contributed by atoms with Gasteiger partial charge in [-0.05, 0) is 54.6 Å². The molecule has 5 heteroatoms. The minimum atomic E-state index is -0.0935. The largest absolute Gasteiger partial charge is 0.322 e. The van der Waals surface area contributed by atoms with Crippen molar-refractivity contribution >= 4 is 23.1 Å². The van der Waals surface area contributed by atoms with Crippen LogP contribution in [0, 0.1) is 11.3 Å². The van der Waals surface area contributed by atoms with Gasteiger partial charge in [-0.1, -0.05) is 0 Å². The molecular weight excluding hydrogens is 282 g/mol. The Labute approximate surface area is 127 Å². The Morgan fingerprint density at radius 1 is 1.38 bits per heavy atom. The quantitative estimate of drug-likeness (QED) is 0.871. The predicted octanol–water partition coefficient (Wildman–Crippen LogP) is 3.77. The van der Waals surface area contributed by atoms with Crippen LogP contribution in [0.4, 0.5) is 10.5 Å². The molecule has 1 aliphatic heterocycles. The summed E-state index contributed by atoms with van der Waals surface area (Å²) in [5.41, 5.74) is 2.55. The Kier molecular flexibility index (Phi) is 3.63. The molecular formula is C16H15N3OS. The molecule has 106 valence electrons. The molecule has 1 aliphatic rings. The minimum Gasteiger partial charge on any atom is -0.317 e. The molecule has 4 nitrogen and oxygen atoms in total. The predicted molar refractivity (Wildman–Crippen MR) is 83.3 cm³/mol. The van der Waals surface area contributed by atoms with Crippen LogP contribution in [0.5, 0.6) is 0 Å². The number of nitrogens with zero attached hydrogens (tertiary/aromatic N) is 2. The lowest BCUT2D eigenvalue weighted by atomic mass is 10.0. The van der Waals surface area contributed by atoms with Crippen LogP contribution in [0.15, 0.2) is 35.7 Å². The highest BCUT2D eigenvalue weighted by atomic mass is 32.1. The van der Waals surface area contributed by atoms with Crippen LogP contribution < -0.4 is 5.32 Å². The average Bonchev–Trinajstić information content (AvgIpc) is 2.98. The normalized spacial score (nSPS) is 17.0. The van der Waals surface area contributed by atoms with Crippen LogP contribution in [0.25, 0.3) is 0 Å². The summed E-state index contributed by atoms with van der Waals surface area (Å²) in [5, 5.41) is 13.8. The van der Waals surface area contributed by atoms with E-state index >= 15 is 0 Å². The molecule has 0 bridgehead atoms. The molecule has 1 N–H and O–H groups in total. The fraction of sp³-hybridized carbons (Fsp3) is 0.250. The Hall–Kier alpha value is -2.32. The maximum absolute atomic E-state index is 12.4. The number of carbonyl (C=O) groups excluding carboxylic acids is 1. The van der Waals surface area contributed by atoms with Crippen LogP contribution in [-0.2, 0) is 6.42 Å². The standard InChI is InChI=1S/C16H15N3OS/c1-11-14-7-9-21-15(14)6-8-19(11)16(20)18-13-4-2-12(10-17)3-5-13/h2-5,7,9,11H,6,8H2,1H3,(H,18,20)/t11-/m1/s1. The smallest absolute Gasteiger partial charge is 0.317 e. The highest BCUT2D eigenvalue weighted by Gasteiger charge is 2.28. The van der Waals surface area contributed by atoms with Gasteiger partial charge in [-0.25, -0.2) is 4.79 Å². The van der Waals surface area contributed by atoms with Gasteiger partial charge in [0.05, 0.1) is 17.7 Å². The van der Waals surface area contributed by atoms with Crippen molar-refractivity contribution in [3.05, 3.63) is 51.7 Å². The van der Waals surface area contributed by atoms with Gasteiger partial charge in [-0.3, -0.25) is 0 Å². The highest BCUT2D eigenvalue weighted by Crippen LogP contribution is 2.33. The summed E-state index contributed by atoms with van der Waals surface area (Å²) in [6, 6.07) is 11.1. The van der Waals surface area contributed by atoms with Crippen molar-refractivity contribution in [3.63, 3.8) is 0 Å². The second kappa shape index (κ2) is 5.58. The van der Waals surface area contributed by atoms with Crippen LogP contribution in [-0.4, -0.2) is 17.5 Å². The molecule has 21 heavy (non-hydrogen) atoms. The number of hydrogen-bond donors (Lipinski definition) is 1. The molecule has 0 saturated heterocycles. The molecule has 0 unspecified atom stereocenters. The van der Waals surface area contributed by atoms with E-state index in [0.717, 1.165) is 13.0 Å². The number of anilines is 1. The number of carbonyl (C=O) groups is 1. The van der Waals surface area contributed by atoms with E-state index < -0.39 is 0 Å². The maximum Gasteiger partial charge on any atom is 0.322 e. The second-order valence-corrected chi connectivity index (χ2v) is 6.04. The van der Waals surface area contributed by atoms with Crippen molar-refractivity contribution in [1.29, 1.82) is 5.26 Å². The SMILES string of the molecule is C[C@@H]1c2ccsc2CCN1C(=O)Nc1ccc(C#N)cc1. The molecule has 1 atom stereocenters. The fourth-order valence-corrected chi connectivity index (χ4v) is 3.57. The molecule has 0 radical (unpaired) electrons. The molecule has 0 saturated carbocycles. The summed E-state index contributed by atoms with van der Waals surface area (Å²) in [5.74, 6) is 0. The summed E-state index contributed by atoms with van der Waals surface area (Å²) in [6.07, 6.45) is 0.915. The van der Waals surface area contributed by atoms with E-state index in [9.17, 15) is 4.79 Å². The van der Waals surface area contributed by atoms with Gasteiger partial charge in [0.2, 0.25) is 0 Å². The Morgan fingerprint density at radius 3 is 2.86 bits per heavy atom. The van der Waals surface area contributed by atoms with Crippen molar-refractivity contribution in [2.24, 2.45) is 0 Å². The summed E-state index contributed by atoms with van der Waals surface area (Å²) in [7, 11) is 0. The van der Waals surface area contributed by atoms with Gasteiger partial charge in [0, 0.05) is 17.1 Å². The van der Waals surface area contributed by atoms with E-state index in [4.69, 9.17) is 5.26 Å². The van der Waals surface area contributed by atoms with Crippen molar-refractivity contribution in [2.45, 2.75) is 19.4 Å². The third kappa shape index (κ3) is 2.63. The molecule has 0 spiro atoms. The lowest BCUT2D eigenvalue weighted by molar-refractivity contribution is 0.189. The summed E-state index contributed by atoms with van der Waals surface area (Å²) in [6.45, 7) is 2.79. The lowest BCUT2D eigenvalue weighted by Crippen LogP contribution is -2.40. The zero-order valence-electron chi connectivity index (χ0n) is 11.7. The van der Waals surface area contributed by atoms with E-state index in [2.05, 4.69) is 29.8 Å². The molecule has 3 rings (SSSR count). The Balaban J connectivity index is 1.72. The Bertz CT molecular complexity index is 699. The molecule has 1 aromatic heterocycles. The van der Waals surface area contributed by atoms with Crippen LogP contribution in [0.3, 0.4) is 0 Å². The van der Waals surface area contributed by atoms with Crippen LogP contribution >= 0.6 is 11.3 Å². The number of nitrogens with one attached hydrogen (secondary N) is 1. The third-order valence-corrected chi connectivity index (χ3v) is 4.80. The van der Waals surface area contributed by atoms with Crippen molar-refractivity contribution in [2.75, 3.05) is 11.9 Å². The van der Waals surface area contributed by atoms with E-state index in [1.807, 2.05) is 4.90 Å². The van der Waals surface area contributed by atoms with E-state index in [-0.39, 0.29) is 12.1 Å². The van der Waals surface area contributed by atoms with Gasteiger partial charge in [0.15, 0.2) is 0 Å². The number of nitriles is 1. The molecule has 1 aromatic carbocycles. The number of benzene rings is 1. The van der Waals surface area contributed by atoms with Gasteiger partial charge < -0.3 is 10.2 Å². The first kappa shape index (κ1) is 13.7. The van der Waals surface area contributed by atoms with Crippen molar-refractivity contribution in [1.82, 2.24) is 4.90 Å². The van der Waals surface area contributed by atoms with E-state index in [0.29, 0.717) is 11.3 Å². The monoisotopic (exact) mass is 297 g/mol. The number of amides is 2. The third-order valence-electron chi connectivity index (χ3n) is 3.80. The minimum absolute atomic E-state index is 0.0935. The van der Waals surface area contributed by atoms with Crippen LogP contribution in [0.1, 0.15) is 29.0 Å². The number of fused-ring (bicyclic) bond motifs is 1. The first-order chi connectivity index (χ1) is 10.2. The summed E-state index contributed by atoms with van der Waals surface area (Å²) >= 11 is 1.76. The van der Waals surface area contributed by atoms with Gasteiger partial charge >= 0.3 is 6.03 Å². The summed E-state index contributed by atoms with van der Waals surface area (Å²) in [4.78, 5) is 15.7. The first-order valence-corrected chi connectivity index (χ1v) is 7.71. The molecule has 0 aliphatic carbocycles.